The van der Waals surface area contributed by atoms with Crippen molar-refractivity contribution in [3.8, 4) is 0 Å². The van der Waals surface area contributed by atoms with E-state index in [1.165, 1.54) is 0 Å². The molecule has 0 radical (unpaired) electrons. The summed E-state index contributed by atoms with van der Waals surface area (Å²) in [5.41, 5.74) is 1.13. The van der Waals surface area contributed by atoms with Gasteiger partial charge in [0.15, 0.2) is 0 Å². The summed E-state index contributed by atoms with van der Waals surface area (Å²) in [6, 6.07) is 4.11. The second-order valence-corrected chi connectivity index (χ2v) is 6.13. The van der Waals surface area contributed by atoms with Crippen LogP contribution in [-0.2, 0) is 6.54 Å². The van der Waals surface area contributed by atoms with E-state index >= 15 is 0 Å². The fourth-order valence-corrected chi connectivity index (χ4v) is 3.07. The average Bonchev–Trinajstić information content (AvgIpc) is 3.04. The van der Waals surface area contributed by atoms with Gasteiger partial charge in [-0.25, -0.2) is 9.78 Å². The zero-order valence-electron chi connectivity index (χ0n) is 11.5. The molecule has 2 aromatic heterocycles. The molecule has 1 aliphatic carbocycles. The molecular weight excluding hydrogens is 290 g/mol. The summed E-state index contributed by atoms with van der Waals surface area (Å²) in [4.78, 5) is 27.5. The third kappa shape index (κ3) is 2.82. The third-order valence-electron chi connectivity index (χ3n) is 3.39. The number of hydrogen-bond donors (Lipinski definition) is 2. The van der Waals surface area contributed by atoms with Crippen LogP contribution in [0.2, 0.25) is 0 Å². The highest BCUT2D eigenvalue weighted by Gasteiger charge is 2.26. The Kier molecular flexibility index (Phi) is 3.50. The van der Waals surface area contributed by atoms with E-state index in [2.05, 4.69) is 10.3 Å². The number of carbonyl (C=O) groups is 2. The van der Waals surface area contributed by atoms with Gasteiger partial charge < -0.3 is 15.0 Å². The smallest absolute Gasteiger partial charge is 0.347 e. The molecule has 0 saturated heterocycles. The van der Waals surface area contributed by atoms with Gasteiger partial charge in [-0.05, 0) is 31.9 Å². The van der Waals surface area contributed by atoms with Crippen LogP contribution in [0.3, 0.4) is 0 Å². The maximum atomic E-state index is 12.2. The normalized spacial score (nSPS) is 14.1. The molecule has 6 nitrogen and oxygen atoms in total. The van der Waals surface area contributed by atoms with Gasteiger partial charge in [0.2, 0.25) is 0 Å². The SMILES string of the molecule is Cc1nc(CNC(=O)c2cccn2C2CC2)sc1C(=O)O. The first-order valence-electron chi connectivity index (χ1n) is 6.71. The van der Waals surface area contributed by atoms with E-state index in [4.69, 9.17) is 5.11 Å². The molecule has 21 heavy (non-hydrogen) atoms. The monoisotopic (exact) mass is 305 g/mol. The largest absolute Gasteiger partial charge is 0.477 e. The van der Waals surface area contributed by atoms with Gasteiger partial charge in [-0.1, -0.05) is 0 Å². The molecule has 2 aromatic rings. The molecule has 0 aromatic carbocycles. The fourth-order valence-electron chi connectivity index (χ4n) is 2.23. The molecule has 7 heteroatoms. The van der Waals surface area contributed by atoms with Crippen molar-refractivity contribution < 1.29 is 14.7 Å². The van der Waals surface area contributed by atoms with Gasteiger partial charge in [0, 0.05) is 12.2 Å². The summed E-state index contributed by atoms with van der Waals surface area (Å²) in [5, 5.41) is 12.4. The first-order valence-corrected chi connectivity index (χ1v) is 7.52. The van der Waals surface area contributed by atoms with Gasteiger partial charge in [0.05, 0.1) is 12.2 Å². The van der Waals surface area contributed by atoms with Crippen LogP contribution in [0.5, 0.6) is 0 Å². The number of carboxylic acids is 1. The fraction of sp³-hybridized carbons (Fsp3) is 0.357. The minimum Gasteiger partial charge on any atom is -0.477 e. The summed E-state index contributed by atoms with van der Waals surface area (Å²) in [5.74, 6) is -1.14. The number of aromatic nitrogens is 2. The van der Waals surface area contributed by atoms with E-state index in [-0.39, 0.29) is 17.3 Å². The summed E-state index contributed by atoms with van der Waals surface area (Å²) in [7, 11) is 0. The molecule has 2 N–H and O–H groups in total. The summed E-state index contributed by atoms with van der Waals surface area (Å²) >= 11 is 1.10. The molecule has 2 heterocycles. The second kappa shape index (κ2) is 5.33. The summed E-state index contributed by atoms with van der Waals surface area (Å²) < 4.78 is 1.99. The number of hydrogen-bond acceptors (Lipinski definition) is 4. The zero-order valence-corrected chi connectivity index (χ0v) is 12.3. The van der Waals surface area contributed by atoms with E-state index in [1.807, 2.05) is 16.8 Å². The van der Waals surface area contributed by atoms with Crippen molar-refractivity contribution >= 4 is 23.2 Å². The number of amides is 1. The van der Waals surface area contributed by atoms with Crippen molar-refractivity contribution in [2.45, 2.75) is 32.4 Å². The molecule has 1 aliphatic rings. The maximum Gasteiger partial charge on any atom is 0.347 e. The molecule has 1 saturated carbocycles. The number of thiazole rings is 1. The van der Waals surface area contributed by atoms with Gasteiger partial charge in [0.25, 0.3) is 5.91 Å². The highest BCUT2D eigenvalue weighted by molar-refractivity contribution is 7.13. The van der Waals surface area contributed by atoms with Gasteiger partial charge in [0.1, 0.15) is 15.6 Å². The molecule has 0 atom stereocenters. The molecule has 0 bridgehead atoms. The number of carbonyl (C=O) groups excluding carboxylic acids is 1. The van der Waals surface area contributed by atoms with Crippen molar-refractivity contribution in [1.29, 1.82) is 0 Å². The lowest BCUT2D eigenvalue weighted by molar-refractivity contribution is 0.0701. The Morgan fingerprint density at radius 2 is 2.29 bits per heavy atom. The third-order valence-corrected chi connectivity index (χ3v) is 4.53. The second-order valence-electron chi connectivity index (χ2n) is 5.04. The Morgan fingerprint density at radius 1 is 1.52 bits per heavy atom. The Hall–Kier alpha value is -2.15. The number of carboxylic acid groups (broad SMARTS) is 1. The predicted octanol–water partition coefficient (Wildman–Crippen LogP) is 2.22. The van der Waals surface area contributed by atoms with Gasteiger partial charge in [-0.15, -0.1) is 11.3 Å². The minimum atomic E-state index is -0.981. The van der Waals surface area contributed by atoms with E-state index < -0.39 is 5.97 Å². The molecule has 1 amide bonds. The molecule has 0 aliphatic heterocycles. The Bertz CT molecular complexity index is 700. The van der Waals surface area contributed by atoms with Crippen LogP contribution in [0.1, 0.15) is 49.7 Å². The Morgan fingerprint density at radius 3 is 2.90 bits per heavy atom. The van der Waals surface area contributed by atoms with Crippen molar-refractivity contribution in [1.82, 2.24) is 14.9 Å². The van der Waals surface area contributed by atoms with Crippen molar-refractivity contribution in [2.75, 3.05) is 0 Å². The number of aromatic carboxylic acids is 1. The Labute approximate surface area is 125 Å². The summed E-state index contributed by atoms with van der Waals surface area (Å²) in [6.07, 6.45) is 4.15. The number of aryl methyl sites for hydroxylation is 1. The van der Waals surface area contributed by atoms with Crippen molar-refractivity contribution in [3.05, 3.63) is 39.6 Å². The van der Waals surface area contributed by atoms with Crippen LogP contribution in [0.4, 0.5) is 0 Å². The zero-order chi connectivity index (χ0) is 15.0. The van der Waals surface area contributed by atoms with Crippen LogP contribution in [0, 0.1) is 6.92 Å². The van der Waals surface area contributed by atoms with Crippen LogP contribution in [0.25, 0.3) is 0 Å². The van der Waals surface area contributed by atoms with Crippen LogP contribution >= 0.6 is 11.3 Å². The van der Waals surface area contributed by atoms with Crippen molar-refractivity contribution in [2.24, 2.45) is 0 Å². The highest BCUT2D eigenvalue weighted by Crippen LogP contribution is 2.35. The molecule has 1 fully saturated rings. The van der Waals surface area contributed by atoms with Gasteiger partial charge in [-0.2, -0.15) is 0 Å². The van der Waals surface area contributed by atoms with Gasteiger partial charge >= 0.3 is 5.97 Å². The van der Waals surface area contributed by atoms with E-state index in [0.717, 1.165) is 24.2 Å². The minimum absolute atomic E-state index is 0.156. The maximum absolute atomic E-state index is 12.2. The standard InChI is InChI=1S/C14H15N3O3S/c1-8-12(14(19)20)21-11(16-8)7-15-13(18)10-3-2-6-17(10)9-4-5-9/h2-3,6,9H,4-5,7H2,1H3,(H,15,18)(H,19,20). The molecular formula is C14H15N3O3S. The van der Waals surface area contributed by atoms with E-state index in [1.54, 1.807) is 13.0 Å². The topological polar surface area (TPSA) is 84.2 Å². The molecule has 110 valence electrons. The highest BCUT2D eigenvalue weighted by atomic mass is 32.1. The Balaban J connectivity index is 1.67. The van der Waals surface area contributed by atoms with Crippen LogP contribution in [-0.4, -0.2) is 26.5 Å². The first kappa shape index (κ1) is 13.8. The molecule has 0 unspecified atom stereocenters. The lowest BCUT2D eigenvalue weighted by atomic mass is 10.4. The van der Waals surface area contributed by atoms with E-state index in [9.17, 15) is 9.59 Å². The molecule has 3 rings (SSSR count). The van der Waals surface area contributed by atoms with Crippen LogP contribution < -0.4 is 5.32 Å². The number of rotatable bonds is 5. The lowest BCUT2D eigenvalue weighted by Crippen LogP contribution is -2.25. The lowest BCUT2D eigenvalue weighted by Gasteiger charge is -2.07. The number of nitrogens with one attached hydrogen (secondary N) is 1. The number of nitrogens with zero attached hydrogens (tertiary/aromatic N) is 2. The predicted molar refractivity (Wildman–Crippen MR) is 77.7 cm³/mol. The summed E-state index contributed by atoms with van der Waals surface area (Å²) in [6.45, 7) is 1.90. The van der Waals surface area contributed by atoms with Crippen molar-refractivity contribution in [3.63, 3.8) is 0 Å². The first-order chi connectivity index (χ1) is 10.1. The quantitative estimate of drug-likeness (QED) is 0.887. The van der Waals surface area contributed by atoms with Gasteiger partial charge in [-0.3, -0.25) is 4.79 Å². The molecule has 0 spiro atoms. The van der Waals surface area contributed by atoms with Crippen LogP contribution in [0.15, 0.2) is 18.3 Å². The van der Waals surface area contributed by atoms with E-state index in [0.29, 0.717) is 22.4 Å². The average molecular weight is 305 g/mol.